The molecule has 4 aromatic rings. The van der Waals surface area contributed by atoms with Gasteiger partial charge < -0.3 is 25.8 Å². The molecule has 0 spiro atoms. The highest BCUT2D eigenvalue weighted by molar-refractivity contribution is 7.84. The van der Waals surface area contributed by atoms with Crippen molar-refractivity contribution in [2.75, 3.05) is 24.7 Å². The summed E-state index contributed by atoms with van der Waals surface area (Å²) < 4.78 is 102. The number of phosphoric ester groups is 1. The summed E-state index contributed by atoms with van der Waals surface area (Å²) in [6, 6.07) is -0.203. The van der Waals surface area contributed by atoms with Gasteiger partial charge in [0, 0.05) is 6.20 Å². The first-order valence-corrected chi connectivity index (χ1v) is 15.7. The lowest BCUT2D eigenvalue weighted by atomic mass is 10.1. The van der Waals surface area contributed by atoms with E-state index in [4.69, 9.17) is 34.2 Å². The highest BCUT2D eigenvalue weighted by Crippen LogP contribution is 2.50. The molecule has 0 radical (unpaired) electrons. The largest absolute Gasteiger partial charge is 0.472 e. The Bertz CT molecular complexity index is 1900. The number of anilines is 2. The number of pyridine rings is 1. The van der Waals surface area contributed by atoms with Gasteiger partial charge >= 0.3 is 18.1 Å². The van der Waals surface area contributed by atoms with E-state index < -0.39 is 80.5 Å². The minimum atomic E-state index is -5.11. The Balaban J connectivity index is 1.17. The number of phosphoric acid groups is 1. The van der Waals surface area contributed by atoms with E-state index in [0.717, 1.165) is 17.2 Å². The van der Waals surface area contributed by atoms with Crippen LogP contribution >= 0.6 is 7.82 Å². The van der Waals surface area contributed by atoms with Crippen molar-refractivity contribution in [3.8, 4) is 0 Å². The molecule has 0 saturated carbocycles. The number of aromatic nitrogens is 7. The zero-order valence-corrected chi connectivity index (χ0v) is 23.7. The number of rotatable bonds is 2. The van der Waals surface area contributed by atoms with E-state index >= 15 is 8.78 Å². The molecule has 44 heavy (non-hydrogen) atoms. The molecule has 7 heterocycles. The molecule has 19 nitrogen and oxygen atoms in total. The van der Waals surface area contributed by atoms with Crippen molar-refractivity contribution in [1.82, 2.24) is 38.8 Å². The summed E-state index contributed by atoms with van der Waals surface area (Å²) in [5, 5.41) is 0. The van der Waals surface area contributed by atoms with E-state index in [2.05, 4.69) is 24.9 Å². The standard InChI is InChI=1S/C21H23F2N10O9PS/c22-11-14-9(40-20(11)32-6-29-13-8(24)1-2-26-18(13)32)3-38-43(34,35)42-16-10(4-39-44(36,37)31-14)41-21(12(16)23)33-7-30-15-17(25)27-5-28-19(15)33/h1-2,5-7,9-12,14,16,20-21,31H,3-4H2,(H2,24,26)(H,34,35)(H2,25,27,28)/t9-,10-,11-,12-,14-,16-,20-,21-/m1/s1. The first-order chi connectivity index (χ1) is 20.9. The maximum atomic E-state index is 15.9. The van der Waals surface area contributed by atoms with Crippen molar-refractivity contribution >= 4 is 52.0 Å². The highest BCUT2D eigenvalue weighted by atomic mass is 32.2. The molecular formula is C21H23F2N10O9PS. The first-order valence-electron chi connectivity index (χ1n) is 12.8. The Hall–Kier alpha value is -3.47. The van der Waals surface area contributed by atoms with Crippen molar-refractivity contribution in [3.63, 3.8) is 0 Å². The van der Waals surface area contributed by atoms with Crippen molar-refractivity contribution < 1.29 is 49.4 Å². The van der Waals surface area contributed by atoms with Crippen molar-refractivity contribution in [2.45, 2.75) is 49.2 Å². The average molecular weight is 661 g/mol. The maximum absolute atomic E-state index is 15.9. The van der Waals surface area contributed by atoms with Gasteiger partial charge in [-0.3, -0.25) is 22.4 Å². The monoisotopic (exact) mass is 660 g/mol. The molecule has 0 aromatic carbocycles. The number of fused-ring (bicyclic) bond motifs is 4. The summed E-state index contributed by atoms with van der Waals surface area (Å²) in [4.78, 5) is 30.6. The van der Waals surface area contributed by atoms with Gasteiger partial charge in [0.2, 0.25) is 0 Å². The normalized spacial score (nSPS) is 36.1. The fraction of sp³-hybridized carbons (Fsp3) is 0.476. The van der Waals surface area contributed by atoms with Crippen molar-refractivity contribution in [3.05, 3.63) is 31.2 Å². The molecule has 23 heteroatoms. The number of nitrogens with one attached hydrogen (secondary N) is 1. The van der Waals surface area contributed by atoms with Crippen LogP contribution < -0.4 is 16.2 Å². The molecule has 0 bridgehead atoms. The summed E-state index contributed by atoms with van der Waals surface area (Å²) in [7, 11) is -9.87. The van der Waals surface area contributed by atoms with Gasteiger partial charge in [0.25, 0.3) is 0 Å². The Labute approximate surface area is 245 Å². The molecule has 6 N–H and O–H groups in total. The predicted octanol–water partition coefficient (Wildman–Crippen LogP) is -0.358. The third-order valence-electron chi connectivity index (χ3n) is 7.35. The molecule has 3 aliphatic heterocycles. The molecule has 1 unspecified atom stereocenters. The second-order valence-corrected chi connectivity index (χ2v) is 12.8. The van der Waals surface area contributed by atoms with Crippen LogP contribution in [0.15, 0.2) is 31.2 Å². The molecule has 3 saturated heterocycles. The van der Waals surface area contributed by atoms with Gasteiger partial charge in [-0.15, -0.1) is 0 Å². The van der Waals surface area contributed by atoms with E-state index in [9.17, 15) is 17.9 Å². The quantitative estimate of drug-likeness (QED) is 0.200. The van der Waals surface area contributed by atoms with Gasteiger partial charge in [-0.2, -0.15) is 13.1 Å². The Morgan fingerprint density at radius 1 is 0.955 bits per heavy atom. The Kier molecular flexibility index (Phi) is 7.02. The summed E-state index contributed by atoms with van der Waals surface area (Å²) in [6.07, 6.45) is -7.51. The maximum Gasteiger partial charge on any atom is 0.472 e. The van der Waals surface area contributed by atoms with E-state index in [1.807, 2.05) is 4.72 Å². The fourth-order valence-electron chi connectivity index (χ4n) is 5.31. The van der Waals surface area contributed by atoms with Crippen molar-refractivity contribution in [2.24, 2.45) is 0 Å². The number of hydrogen-bond acceptors (Lipinski definition) is 15. The minimum absolute atomic E-state index is 0.00134. The van der Waals surface area contributed by atoms with Crippen LogP contribution in [0.5, 0.6) is 0 Å². The second kappa shape index (κ2) is 10.6. The third-order valence-corrected chi connectivity index (χ3v) is 9.34. The summed E-state index contributed by atoms with van der Waals surface area (Å²) in [5.74, 6) is 0.00134. The van der Waals surface area contributed by atoms with Crippen LogP contribution in [0.1, 0.15) is 12.5 Å². The number of nitrogens with zero attached hydrogens (tertiary/aromatic N) is 7. The number of ether oxygens (including phenoxy) is 2. The van der Waals surface area contributed by atoms with Gasteiger partial charge in [-0.1, -0.05) is 0 Å². The molecule has 9 atom stereocenters. The van der Waals surface area contributed by atoms with Crippen LogP contribution in [-0.2, 0) is 37.6 Å². The van der Waals surface area contributed by atoms with Crippen LogP contribution in [0.2, 0.25) is 0 Å². The molecule has 4 aromatic heterocycles. The molecule has 3 fully saturated rings. The van der Waals surface area contributed by atoms with E-state index in [0.29, 0.717) is 0 Å². The van der Waals surface area contributed by atoms with Crippen molar-refractivity contribution in [1.29, 1.82) is 0 Å². The van der Waals surface area contributed by atoms with Gasteiger partial charge in [0.15, 0.2) is 41.9 Å². The van der Waals surface area contributed by atoms with Crippen LogP contribution in [0.25, 0.3) is 22.3 Å². The molecule has 0 amide bonds. The van der Waals surface area contributed by atoms with E-state index in [-0.39, 0.29) is 33.8 Å². The molecular weight excluding hydrogens is 637 g/mol. The van der Waals surface area contributed by atoms with Crippen LogP contribution in [0.3, 0.4) is 0 Å². The van der Waals surface area contributed by atoms with Gasteiger partial charge in [-0.05, 0) is 6.07 Å². The van der Waals surface area contributed by atoms with E-state index in [1.165, 1.54) is 23.2 Å². The van der Waals surface area contributed by atoms with Crippen LogP contribution in [-0.4, -0.2) is 97.3 Å². The summed E-state index contributed by atoms with van der Waals surface area (Å²) in [5.41, 5.74) is 12.5. The average Bonchev–Trinajstić information content (AvgIpc) is 3.73. The second-order valence-electron chi connectivity index (χ2n) is 10.0. The van der Waals surface area contributed by atoms with Gasteiger partial charge in [0.05, 0.1) is 37.6 Å². The lowest BCUT2D eigenvalue weighted by Gasteiger charge is -2.26. The minimum Gasteiger partial charge on any atom is -0.397 e. The lowest BCUT2D eigenvalue weighted by molar-refractivity contribution is -0.0500. The number of nitrogens with two attached hydrogens (primary N) is 2. The number of nitrogen functional groups attached to an aromatic ring is 2. The predicted molar refractivity (Wildman–Crippen MR) is 142 cm³/mol. The lowest BCUT2D eigenvalue weighted by Crippen LogP contribution is -2.48. The smallest absolute Gasteiger partial charge is 0.397 e. The number of halogens is 2. The third kappa shape index (κ3) is 4.97. The van der Waals surface area contributed by atoms with Gasteiger partial charge in [-0.25, -0.2) is 38.3 Å². The molecule has 236 valence electrons. The Morgan fingerprint density at radius 2 is 1.64 bits per heavy atom. The van der Waals surface area contributed by atoms with Crippen LogP contribution in [0, 0.1) is 0 Å². The fourth-order valence-corrected chi connectivity index (χ4v) is 7.26. The topological polar surface area (TPSA) is 256 Å². The molecule has 7 rings (SSSR count). The summed E-state index contributed by atoms with van der Waals surface area (Å²) >= 11 is 0. The SMILES string of the molecule is Nc1ccnc2c1ncn2[C@@H]1O[C@@H]2COP(=O)(O)O[C@H]3[C@@H](F)[C@H](n4cnc5c(N)ncnc54)O[C@@H]3COS(=O)(=O)N[C@H]2[C@H]1F. The molecule has 3 aliphatic rings. The first kappa shape index (κ1) is 29.3. The summed E-state index contributed by atoms with van der Waals surface area (Å²) in [6.45, 7) is -1.77. The Morgan fingerprint density at radius 3 is 2.41 bits per heavy atom. The van der Waals surface area contributed by atoms with Gasteiger partial charge in [0.1, 0.15) is 35.7 Å². The molecule has 0 aliphatic carbocycles. The zero-order chi connectivity index (χ0) is 31.0. The highest BCUT2D eigenvalue weighted by Gasteiger charge is 2.54. The van der Waals surface area contributed by atoms with E-state index in [1.54, 1.807) is 0 Å². The van der Waals surface area contributed by atoms with Crippen LogP contribution in [0.4, 0.5) is 20.3 Å². The number of imidazole rings is 2. The zero-order valence-electron chi connectivity index (χ0n) is 22.0. The number of alkyl halides is 2. The number of hydrogen-bond donors (Lipinski definition) is 4.